The van der Waals surface area contributed by atoms with E-state index in [1.807, 2.05) is 30.5 Å². The average molecular weight is 238 g/mol. The van der Waals surface area contributed by atoms with E-state index in [0.717, 1.165) is 6.42 Å². The summed E-state index contributed by atoms with van der Waals surface area (Å²) in [4.78, 5) is 1.24. The van der Waals surface area contributed by atoms with E-state index < -0.39 is 0 Å². The molecule has 0 aliphatic carbocycles. The van der Waals surface area contributed by atoms with Gasteiger partial charge in [0.15, 0.2) is 0 Å². The molecule has 0 nitrogen and oxygen atoms in total. The molecule has 1 heteroatoms. The maximum absolute atomic E-state index is 3.61. The van der Waals surface area contributed by atoms with E-state index in [2.05, 4.69) is 39.5 Å². The first-order chi connectivity index (χ1) is 7.76. The van der Waals surface area contributed by atoms with Gasteiger partial charge in [-0.3, -0.25) is 0 Å². The van der Waals surface area contributed by atoms with E-state index >= 15 is 0 Å². The Labute approximate surface area is 106 Å². The smallest absolute Gasteiger partial charge is 0.0264 e. The summed E-state index contributed by atoms with van der Waals surface area (Å²) < 4.78 is 0. The van der Waals surface area contributed by atoms with E-state index in [0.29, 0.717) is 0 Å². The molecule has 92 valence electrons. The normalized spacial score (nSPS) is 8.75. The van der Waals surface area contributed by atoms with Gasteiger partial charge < -0.3 is 0 Å². The zero-order valence-electron chi connectivity index (χ0n) is 11.2. The summed E-state index contributed by atoms with van der Waals surface area (Å²) in [5.74, 6) is 0. The van der Waals surface area contributed by atoms with Crippen LogP contribution in [-0.4, -0.2) is 0 Å². The van der Waals surface area contributed by atoms with Crippen LogP contribution < -0.4 is 0 Å². The van der Waals surface area contributed by atoms with Crippen LogP contribution in [0.5, 0.6) is 0 Å². The number of rotatable bonds is 3. The van der Waals surface area contributed by atoms with Crippen LogP contribution in [0.4, 0.5) is 0 Å². The van der Waals surface area contributed by atoms with Gasteiger partial charge in [0.05, 0.1) is 0 Å². The van der Waals surface area contributed by atoms with E-state index in [4.69, 9.17) is 0 Å². The van der Waals surface area contributed by atoms with Crippen LogP contribution in [-0.2, 0) is 0 Å². The second-order valence-corrected chi connectivity index (χ2v) is 4.18. The molecule has 0 amide bonds. The third-order valence-corrected chi connectivity index (χ3v) is 2.58. The van der Waals surface area contributed by atoms with Crippen molar-refractivity contribution >= 4 is 17.4 Å². The third kappa shape index (κ3) is 15.6. The molecule has 0 spiro atoms. The Morgan fingerprint density at radius 2 is 1.88 bits per heavy atom. The van der Waals surface area contributed by atoms with Crippen molar-refractivity contribution in [1.82, 2.24) is 0 Å². The lowest BCUT2D eigenvalue weighted by molar-refractivity contribution is 0.886. The summed E-state index contributed by atoms with van der Waals surface area (Å²) in [5, 5.41) is 2.04. The predicted octanol–water partition coefficient (Wildman–Crippen LogP) is 6.17. The highest BCUT2D eigenvalue weighted by molar-refractivity contribution is 7.10. The van der Waals surface area contributed by atoms with E-state index in [-0.39, 0.29) is 0 Å². The lowest BCUT2D eigenvalue weighted by Gasteiger charge is -1.71. The van der Waals surface area contributed by atoms with Crippen LogP contribution in [0.2, 0.25) is 0 Å². The summed E-state index contributed by atoms with van der Waals surface area (Å²) in [6.07, 6.45) is 9.83. The molecule has 0 aliphatic rings. The molecular weight excluding hydrogens is 212 g/mol. The fourth-order valence-electron chi connectivity index (χ4n) is 0.643. The van der Waals surface area contributed by atoms with Crippen molar-refractivity contribution in [2.24, 2.45) is 0 Å². The lowest BCUT2D eigenvalue weighted by atomic mass is 10.4. The van der Waals surface area contributed by atoms with Crippen molar-refractivity contribution in [2.45, 2.75) is 47.0 Å². The first kappa shape index (κ1) is 17.6. The second-order valence-electron chi connectivity index (χ2n) is 3.20. The molecule has 16 heavy (non-hydrogen) atoms. The molecule has 0 saturated carbocycles. The van der Waals surface area contributed by atoms with Crippen molar-refractivity contribution in [1.29, 1.82) is 0 Å². The Morgan fingerprint density at radius 3 is 2.00 bits per heavy atom. The van der Waals surface area contributed by atoms with Gasteiger partial charge in [0.2, 0.25) is 0 Å². The highest BCUT2D eigenvalue weighted by Gasteiger charge is 1.78. The van der Waals surface area contributed by atoms with Gasteiger partial charge in [-0.2, -0.15) is 0 Å². The Balaban J connectivity index is 0. The predicted molar refractivity (Wildman–Crippen MR) is 80.1 cm³/mol. The summed E-state index contributed by atoms with van der Waals surface area (Å²) >= 11 is 1.70. The maximum Gasteiger partial charge on any atom is 0.0264 e. The van der Waals surface area contributed by atoms with Crippen molar-refractivity contribution in [2.75, 3.05) is 0 Å². The summed E-state index contributed by atoms with van der Waals surface area (Å²) in [5.41, 5.74) is 0. The fourth-order valence-corrected chi connectivity index (χ4v) is 1.21. The minimum atomic E-state index is 1.16. The molecule has 0 aromatic carbocycles. The monoisotopic (exact) mass is 238 g/mol. The van der Waals surface area contributed by atoms with Crippen LogP contribution in [0.15, 0.2) is 36.2 Å². The second kappa shape index (κ2) is 16.6. The number of hydrogen-bond donors (Lipinski definition) is 0. The minimum Gasteiger partial charge on any atom is -0.144 e. The Kier molecular flexibility index (Phi) is 18.2. The van der Waals surface area contributed by atoms with Crippen LogP contribution in [0.25, 0.3) is 6.08 Å². The molecule has 0 fully saturated rings. The van der Waals surface area contributed by atoms with Crippen LogP contribution in [0, 0.1) is 0 Å². The van der Waals surface area contributed by atoms with Gasteiger partial charge in [0.1, 0.15) is 0 Å². The van der Waals surface area contributed by atoms with Crippen LogP contribution in [0.1, 0.15) is 51.8 Å². The number of hydrogen-bond acceptors (Lipinski definition) is 1. The Bertz CT molecular complexity index is 230. The van der Waals surface area contributed by atoms with Gasteiger partial charge in [-0.05, 0) is 24.8 Å². The van der Waals surface area contributed by atoms with Crippen molar-refractivity contribution < 1.29 is 0 Å². The van der Waals surface area contributed by atoms with Crippen molar-refractivity contribution in [3.8, 4) is 0 Å². The molecular formula is C15H26S. The first-order valence-corrected chi connectivity index (χ1v) is 6.91. The van der Waals surface area contributed by atoms with Gasteiger partial charge in [0, 0.05) is 4.88 Å². The molecule has 1 aromatic rings. The zero-order valence-corrected chi connectivity index (χ0v) is 12.0. The molecule has 0 atom stereocenters. The fraction of sp³-hybridized carbons (Fsp3) is 0.467. The standard InChI is InChI=1S/C6H6S.C5H10.C4H10/c1-2-6-4-3-5-7-6;1-3-5-4-2;1-3-4-2/h2-5H,1H2;3,5H,4H2,1-2H3;3-4H2,1-2H3/b;5-3-;. The maximum atomic E-state index is 3.61. The third-order valence-electron chi connectivity index (χ3n) is 1.72. The van der Waals surface area contributed by atoms with Crippen LogP contribution >= 0.6 is 11.3 Å². The molecule has 0 unspecified atom stereocenters. The summed E-state index contributed by atoms with van der Waals surface area (Å²) in [6.45, 7) is 12.1. The topological polar surface area (TPSA) is 0 Å². The molecule has 0 bridgehead atoms. The molecule has 0 radical (unpaired) electrons. The average Bonchev–Trinajstić information content (AvgIpc) is 2.84. The van der Waals surface area contributed by atoms with Crippen LogP contribution in [0.3, 0.4) is 0 Å². The van der Waals surface area contributed by atoms with Gasteiger partial charge in [-0.25, -0.2) is 0 Å². The Hall–Kier alpha value is -0.820. The van der Waals surface area contributed by atoms with Gasteiger partial charge >= 0.3 is 0 Å². The minimum absolute atomic E-state index is 1.16. The van der Waals surface area contributed by atoms with Gasteiger partial charge in [0.25, 0.3) is 0 Å². The number of unbranched alkanes of at least 4 members (excludes halogenated alkanes) is 1. The van der Waals surface area contributed by atoms with Crippen molar-refractivity contribution in [3.63, 3.8) is 0 Å². The zero-order chi connectivity index (χ0) is 12.6. The molecule has 1 aromatic heterocycles. The molecule has 1 rings (SSSR count). The SMILES string of the molecule is C/C=C\CC.C=Cc1cccs1.CCCC. The highest BCUT2D eigenvalue weighted by Crippen LogP contribution is 2.07. The van der Waals surface area contributed by atoms with E-state index in [1.165, 1.54) is 17.7 Å². The van der Waals surface area contributed by atoms with Gasteiger partial charge in [-0.15, -0.1) is 11.3 Å². The summed E-state index contributed by atoms with van der Waals surface area (Å²) in [7, 11) is 0. The number of allylic oxidation sites excluding steroid dienone is 2. The van der Waals surface area contributed by atoms with Crippen molar-refractivity contribution in [3.05, 3.63) is 41.1 Å². The highest BCUT2D eigenvalue weighted by atomic mass is 32.1. The Morgan fingerprint density at radius 1 is 1.25 bits per heavy atom. The first-order valence-electron chi connectivity index (χ1n) is 6.03. The largest absolute Gasteiger partial charge is 0.144 e. The molecule has 0 saturated heterocycles. The number of thiophene rings is 1. The van der Waals surface area contributed by atoms with Gasteiger partial charge in [-0.1, -0.05) is 64.5 Å². The van der Waals surface area contributed by atoms with E-state index in [9.17, 15) is 0 Å². The molecule has 1 heterocycles. The quantitative estimate of drug-likeness (QED) is 0.552. The van der Waals surface area contributed by atoms with E-state index in [1.54, 1.807) is 11.3 Å². The summed E-state index contributed by atoms with van der Waals surface area (Å²) in [6, 6.07) is 4.05. The molecule has 0 N–H and O–H groups in total. The lowest BCUT2D eigenvalue weighted by Crippen LogP contribution is -1.47. The molecule has 0 aliphatic heterocycles.